The minimum atomic E-state index is -0.257. The van der Waals surface area contributed by atoms with Gasteiger partial charge in [-0.1, -0.05) is 20.3 Å². The molecule has 0 amide bonds. The number of nitrogens with zero attached hydrogens (tertiary/aromatic N) is 2. The van der Waals surface area contributed by atoms with E-state index in [0.717, 1.165) is 31.6 Å². The molecule has 1 aliphatic heterocycles. The number of halogens is 1. The number of likely N-dealkylation sites (N-methyl/N-ethyl adjacent to an activating group) is 1. The van der Waals surface area contributed by atoms with Crippen LogP contribution in [-0.4, -0.2) is 35.1 Å². The largest absolute Gasteiger partial charge is 0.309 e. The van der Waals surface area contributed by atoms with Crippen molar-refractivity contribution in [2.24, 2.45) is 0 Å². The predicted octanol–water partition coefficient (Wildman–Crippen LogP) is 3.53. The molecule has 0 aromatic carbocycles. The molecule has 0 saturated carbocycles. The summed E-state index contributed by atoms with van der Waals surface area (Å²) < 4.78 is 13.6. The lowest BCUT2D eigenvalue weighted by Gasteiger charge is -2.48. The lowest BCUT2D eigenvalue weighted by atomic mass is 9.82. The smallest absolute Gasteiger partial charge is 0.141 e. The van der Waals surface area contributed by atoms with Gasteiger partial charge in [0, 0.05) is 11.7 Å². The molecule has 2 atom stereocenters. The van der Waals surface area contributed by atoms with Crippen LogP contribution in [0, 0.1) is 5.82 Å². The molecule has 0 spiro atoms. The fourth-order valence-electron chi connectivity index (χ4n) is 3.50. The molecule has 1 aromatic rings. The zero-order chi connectivity index (χ0) is 15.3. The van der Waals surface area contributed by atoms with Crippen LogP contribution in [0.5, 0.6) is 0 Å². The number of rotatable bonds is 6. The van der Waals surface area contributed by atoms with Gasteiger partial charge < -0.3 is 5.32 Å². The second-order valence-corrected chi connectivity index (χ2v) is 6.19. The van der Waals surface area contributed by atoms with E-state index in [1.165, 1.54) is 25.5 Å². The van der Waals surface area contributed by atoms with Crippen molar-refractivity contribution in [1.29, 1.82) is 0 Å². The normalized spacial score (nSPS) is 21.0. The molecule has 2 rings (SSSR count). The predicted molar refractivity (Wildman–Crippen MR) is 84.7 cm³/mol. The summed E-state index contributed by atoms with van der Waals surface area (Å²) >= 11 is 0. The number of aromatic nitrogens is 1. The van der Waals surface area contributed by atoms with E-state index in [1.807, 2.05) is 0 Å². The molecular formula is C17H28FN3. The maximum absolute atomic E-state index is 13.6. The molecule has 1 aliphatic rings. The molecule has 1 saturated heterocycles. The molecule has 3 nitrogen and oxygen atoms in total. The van der Waals surface area contributed by atoms with Gasteiger partial charge in [-0.05, 0) is 57.5 Å². The van der Waals surface area contributed by atoms with Crippen LogP contribution in [0.2, 0.25) is 0 Å². The molecule has 21 heavy (non-hydrogen) atoms. The van der Waals surface area contributed by atoms with E-state index in [9.17, 15) is 4.39 Å². The third-order valence-corrected chi connectivity index (χ3v) is 4.88. The van der Waals surface area contributed by atoms with Crippen LogP contribution in [0.1, 0.15) is 58.1 Å². The molecule has 1 aromatic heterocycles. The Labute approximate surface area is 127 Å². The minimum absolute atomic E-state index is 0.00803. The van der Waals surface area contributed by atoms with Crippen molar-refractivity contribution in [3.8, 4) is 0 Å². The van der Waals surface area contributed by atoms with Crippen molar-refractivity contribution in [3.05, 3.63) is 29.8 Å². The Bertz CT molecular complexity index is 445. The fourth-order valence-corrected chi connectivity index (χ4v) is 3.50. The molecule has 1 fully saturated rings. The summed E-state index contributed by atoms with van der Waals surface area (Å²) in [5, 5.41) is 3.57. The number of pyridine rings is 1. The van der Waals surface area contributed by atoms with E-state index in [1.54, 1.807) is 12.3 Å². The third-order valence-electron chi connectivity index (χ3n) is 4.88. The number of hydrogen-bond acceptors (Lipinski definition) is 3. The summed E-state index contributed by atoms with van der Waals surface area (Å²) in [5.41, 5.74) is 0.943. The first kappa shape index (κ1) is 16.4. The lowest BCUT2D eigenvalue weighted by Crippen LogP contribution is -2.56. The summed E-state index contributed by atoms with van der Waals surface area (Å²) in [5.74, 6) is -0.257. The molecule has 0 bridgehead atoms. The highest BCUT2D eigenvalue weighted by molar-refractivity contribution is 5.20. The first-order valence-corrected chi connectivity index (χ1v) is 8.20. The Morgan fingerprint density at radius 2 is 2.00 bits per heavy atom. The Kier molecular flexibility index (Phi) is 5.71. The standard InChI is InChI=1S/C17H28FN3/c1-4-17(3,21-9-7-6-8-10-21)16(20-5-2)14-11-15(18)13-19-12-14/h11-13,16,20H,4-10H2,1-3H3. The van der Waals surface area contributed by atoms with E-state index in [2.05, 4.69) is 36.0 Å². The summed E-state index contributed by atoms with van der Waals surface area (Å²) in [6.45, 7) is 9.77. The number of piperidine rings is 1. The van der Waals surface area contributed by atoms with E-state index in [4.69, 9.17) is 0 Å². The van der Waals surface area contributed by atoms with Crippen molar-refractivity contribution in [3.63, 3.8) is 0 Å². The van der Waals surface area contributed by atoms with Gasteiger partial charge in [-0.15, -0.1) is 0 Å². The van der Waals surface area contributed by atoms with Crippen molar-refractivity contribution in [1.82, 2.24) is 15.2 Å². The molecular weight excluding hydrogens is 265 g/mol. The Balaban J connectivity index is 2.32. The van der Waals surface area contributed by atoms with E-state index in [0.29, 0.717) is 0 Å². The van der Waals surface area contributed by atoms with Gasteiger partial charge in [0.15, 0.2) is 0 Å². The van der Waals surface area contributed by atoms with Gasteiger partial charge in [0.05, 0.1) is 12.2 Å². The van der Waals surface area contributed by atoms with Crippen LogP contribution in [-0.2, 0) is 0 Å². The molecule has 4 heteroatoms. The van der Waals surface area contributed by atoms with Gasteiger partial charge in [-0.25, -0.2) is 4.39 Å². The Hall–Kier alpha value is -1.00. The van der Waals surface area contributed by atoms with Crippen LogP contribution < -0.4 is 5.32 Å². The van der Waals surface area contributed by atoms with E-state index < -0.39 is 0 Å². The van der Waals surface area contributed by atoms with Gasteiger partial charge in [-0.2, -0.15) is 0 Å². The maximum atomic E-state index is 13.6. The average Bonchev–Trinajstić information content (AvgIpc) is 2.52. The first-order valence-electron chi connectivity index (χ1n) is 8.20. The first-order chi connectivity index (χ1) is 10.1. The summed E-state index contributed by atoms with van der Waals surface area (Å²) in [7, 11) is 0. The quantitative estimate of drug-likeness (QED) is 0.869. The minimum Gasteiger partial charge on any atom is -0.309 e. The topological polar surface area (TPSA) is 28.2 Å². The third kappa shape index (κ3) is 3.61. The van der Waals surface area contributed by atoms with Crippen LogP contribution in [0.15, 0.2) is 18.5 Å². The van der Waals surface area contributed by atoms with E-state index in [-0.39, 0.29) is 17.4 Å². The lowest BCUT2D eigenvalue weighted by molar-refractivity contribution is 0.0427. The van der Waals surface area contributed by atoms with Gasteiger partial charge in [0.25, 0.3) is 0 Å². The second-order valence-electron chi connectivity index (χ2n) is 6.19. The van der Waals surface area contributed by atoms with Gasteiger partial charge in [0.2, 0.25) is 0 Å². The maximum Gasteiger partial charge on any atom is 0.141 e. The van der Waals surface area contributed by atoms with Crippen molar-refractivity contribution in [2.45, 2.75) is 58.0 Å². The summed E-state index contributed by atoms with van der Waals surface area (Å²) in [6, 6.07) is 1.73. The van der Waals surface area contributed by atoms with Crippen LogP contribution in [0.4, 0.5) is 4.39 Å². The summed E-state index contributed by atoms with van der Waals surface area (Å²) in [4.78, 5) is 6.62. The second kappa shape index (κ2) is 7.32. The van der Waals surface area contributed by atoms with Crippen LogP contribution >= 0.6 is 0 Å². The van der Waals surface area contributed by atoms with Crippen molar-refractivity contribution >= 4 is 0 Å². The fraction of sp³-hybridized carbons (Fsp3) is 0.706. The summed E-state index contributed by atoms with van der Waals surface area (Å²) in [6.07, 6.45) is 7.95. The highest BCUT2D eigenvalue weighted by Crippen LogP contribution is 2.36. The molecule has 1 N–H and O–H groups in total. The SMILES string of the molecule is CCNC(c1cncc(F)c1)C(C)(CC)N1CCCCC1. The highest BCUT2D eigenvalue weighted by atomic mass is 19.1. The Morgan fingerprint density at radius 3 is 2.57 bits per heavy atom. The van der Waals surface area contributed by atoms with Gasteiger partial charge >= 0.3 is 0 Å². The van der Waals surface area contributed by atoms with Gasteiger partial charge in [-0.3, -0.25) is 9.88 Å². The molecule has 2 heterocycles. The zero-order valence-corrected chi connectivity index (χ0v) is 13.5. The number of hydrogen-bond donors (Lipinski definition) is 1. The number of nitrogens with one attached hydrogen (secondary N) is 1. The number of likely N-dealkylation sites (tertiary alicyclic amines) is 1. The molecule has 118 valence electrons. The molecule has 2 unspecified atom stereocenters. The van der Waals surface area contributed by atoms with Gasteiger partial charge in [0.1, 0.15) is 5.82 Å². The highest BCUT2D eigenvalue weighted by Gasteiger charge is 2.39. The molecule has 0 radical (unpaired) electrons. The zero-order valence-electron chi connectivity index (χ0n) is 13.5. The van der Waals surface area contributed by atoms with Crippen molar-refractivity contribution < 1.29 is 4.39 Å². The van der Waals surface area contributed by atoms with E-state index >= 15 is 0 Å². The van der Waals surface area contributed by atoms with Crippen LogP contribution in [0.3, 0.4) is 0 Å². The van der Waals surface area contributed by atoms with Crippen molar-refractivity contribution in [2.75, 3.05) is 19.6 Å². The average molecular weight is 293 g/mol. The van der Waals surface area contributed by atoms with Crippen LogP contribution in [0.25, 0.3) is 0 Å². The monoisotopic (exact) mass is 293 g/mol. The Morgan fingerprint density at radius 1 is 1.29 bits per heavy atom. The molecule has 0 aliphatic carbocycles.